The van der Waals surface area contributed by atoms with E-state index >= 15 is 0 Å². The summed E-state index contributed by atoms with van der Waals surface area (Å²) in [5.41, 5.74) is 4.55. The molecule has 3 nitrogen and oxygen atoms in total. The van der Waals surface area contributed by atoms with Crippen LogP contribution in [0.15, 0.2) is 53.7 Å². The SMILES string of the molecule is Cc1ccc2nc(SC(C)CNc3ccccc3)[nH]c2c1. The van der Waals surface area contributed by atoms with Crippen LogP contribution in [0.2, 0.25) is 0 Å². The van der Waals surface area contributed by atoms with Gasteiger partial charge in [0.1, 0.15) is 0 Å². The molecule has 0 fully saturated rings. The summed E-state index contributed by atoms with van der Waals surface area (Å²) >= 11 is 1.77. The maximum Gasteiger partial charge on any atom is 0.166 e. The second kappa shape index (κ2) is 6.22. The summed E-state index contributed by atoms with van der Waals surface area (Å²) in [5.74, 6) is 0. The van der Waals surface area contributed by atoms with Crippen LogP contribution in [-0.2, 0) is 0 Å². The summed E-state index contributed by atoms with van der Waals surface area (Å²) in [7, 11) is 0. The Morgan fingerprint density at radius 2 is 2.00 bits per heavy atom. The van der Waals surface area contributed by atoms with Crippen LogP contribution in [0.25, 0.3) is 11.0 Å². The van der Waals surface area contributed by atoms with Crippen LogP contribution in [0.5, 0.6) is 0 Å². The lowest BCUT2D eigenvalue weighted by Crippen LogP contribution is -2.13. The molecule has 0 aliphatic carbocycles. The molecule has 108 valence electrons. The van der Waals surface area contributed by atoms with Gasteiger partial charge in [-0.3, -0.25) is 0 Å². The lowest BCUT2D eigenvalue weighted by atomic mass is 10.2. The molecule has 0 aliphatic rings. The first kappa shape index (κ1) is 14.0. The maximum absolute atomic E-state index is 4.63. The Labute approximate surface area is 129 Å². The molecule has 0 spiro atoms. The van der Waals surface area contributed by atoms with Crippen LogP contribution in [0.1, 0.15) is 12.5 Å². The lowest BCUT2D eigenvalue weighted by molar-refractivity contribution is 0.978. The first-order chi connectivity index (χ1) is 10.2. The van der Waals surface area contributed by atoms with Crippen molar-refractivity contribution in [3.05, 3.63) is 54.1 Å². The largest absolute Gasteiger partial charge is 0.384 e. The summed E-state index contributed by atoms with van der Waals surface area (Å²) in [5, 5.41) is 4.87. The number of anilines is 1. The molecule has 1 aromatic heterocycles. The van der Waals surface area contributed by atoms with E-state index in [9.17, 15) is 0 Å². The Kier molecular flexibility index (Phi) is 4.15. The number of nitrogens with one attached hydrogen (secondary N) is 2. The average molecular weight is 297 g/mol. The number of imidazole rings is 1. The molecule has 3 aromatic rings. The topological polar surface area (TPSA) is 40.7 Å². The van der Waals surface area contributed by atoms with Crippen molar-refractivity contribution in [2.24, 2.45) is 0 Å². The van der Waals surface area contributed by atoms with Crippen LogP contribution in [0.4, 0.5) is 5.69 Å². The van der Waals surface area contributed by atoms with Gasteiger partial charge < -0.3 is 10.3 Å². The number of aromatic nitrogens is 2. The van der Waals surface area contributed by atoms with E-state index in [0.29, 0.717) is 5.25 Å². The minimum Gasteiger partial charge on any atom is -0.384 e. The summed E-state index contributed by atoms with van der Waals surface area (Å²) in [4.78, 5) is 8.02. The summed E-state index contributed by atoms with van der Waals surface area (Å²) in [6.07, 6.45) is 0. The third-order valence-electron chi connectivity index (χ3n) is 3.30. The number of hydrogen-bond acceptors (Lipinski definition) is 3. The van der Waals surface area contributed by atoms with E-state index in [1.54, 1.807) is 11.8 Å². The van der Waals surface area contributed by atoms with Gasteiger partial charge in [-0.25, -0.2) is 4.98 Å². The molecule has 1 unspecified atom stereocenters. The number of fused-ring (bicyclic) bond motifs is 1. The Balaban J connectivity index is 1.62. The van der Waals surface area contributed by atoms with Gasteiger partial charge >= 0.3 is 0 Å². The zero-order valence-corrected chi connectivity index (χ0v) is 13.1. The number of nitrogens with zero attached hydrogens (tertiary/aromatic N) is 1. The smallest absolute Gasteiger partial charge is 0.166 e. The van der Waals surface area contributed by atoms with Gasteiger partial charge in [-0.15, -0.1) is 0 Å². The molecule has 4 heteroatoms. The molecule has 0 amide bonds. The molecule has 3 rings (SSSR count). The Morgan fingerprint density at radius 3 is 2.81 bits per heavy atom. The van der Waals surface area contributed by atoms with Gasteiger partial charge in [0.15, 0.2) is 5.16 Å². The molecule has 2 N–H and O–H groups in total. The van der Waals surface area contributed by atoms with Crippen molar-refractivity contribution in [1.82, 2.24) is 9.97 Å². The fourth-order valence-corrected chi connectivity index (χ4v) is 3.07. The normalized spacial score (nSPS) is 12.5. The van der Waals surface area contributed by atoms with Crippen LogP contribution in [-0.4, -0.2) is 21.8 Å². The number of para-hydroxylation sites is 1. The van der Waals surface area contributed by atoms with Crippen molar-refractivity contribution in [1.29, 1.82) is 0 Å². The number of H-pyrrole nitrogens is 1. The van der Waals surface area contributed by atoms with E-state index in [1.807, 2.05) is 18.2 Å². The first-order valence-electron chi connectivity index (χ1n) is 7.12. The standard InChI is InChI=1S/C17H19N3S/c1-12-8-9-15-16(10-12)20-17(19-15)21-13(2)11-18-14-6-4-3-5-7-14/h3-10,13,18H,11H2,1-2H3,(H,19,20). The summed E-state index contributed by atoms with van der Waals surface area (Å²) in [6, 6.07) is 16.6. The van der Waals surface area contributed by atoms with Crippen molar-refractivity contribution in [2.45, 2.75) is 24.3 Å². The molecule has 1 atom stereocenters. The maximum atomic E-state index is 4.63. The van der Waals surface area contributed by atoms with E-state index in [1.165, 1.54) is 5.56 Å². The highest BCUT2D eigenvalue weighted by Crippen LogP contribution is 2.24. The van der Waals surface area contributed by atoms with Gasteiger partial charge in [-0.1, -0.05) is 43.0 Å². The number of hydrogen-bond donors (Lipinski definition) is 2. The highest BCUT2D eigenvalue weighted by molar-refractivity contribution is 7.99. The molecule has 0 saturated heterocycles. The third kappa shape index (κ3) is 3.58. The molecule has 0 radical (unpaired) electrons. The van der Waals surface area contributed by atoms with Crippen molar-refractivity contribution in [3.8, 4) is 0 Å². The summed E-state index contributed by atoms with van der Waals surface area (Å²) in [6.45, 7) is 5.21. The van der Waals surface area contributed by atoms with Crippen molar-refractivity contribution < 1.29 is 0 Å². The predicted molar refractivity (Wildman–Crippen MR) is 91.1 cm³/mol. The molecule has 2 aromatic carbocycles. The van der Waals surface area contributed by atoms with Gasteiger partial charge in [0.25, 0.3) is 0 Å². The van der Waals surface area contributed by atoms with Gasteiger partial charge in [0.2, 0.25) is 0 Å². The minimum absolute atomic E-state index is 0.437. The fraction of sp³-hybridized carbons (Fsp3) is 0.235. The Bertz CT molecular complexity index is 721. The average Bonchev–Trinajstić information content (AvgIpc) is 2.87. The summed E-state index contributed by atoms with van der Waals surface area (Å²) < 4.78 is 0. The van der Waals surface area contributed by atoms with E-state index in [4.69, 9.17) is 0 Å². The third-order valence-corrected chi connectivity index (χ3v) is 4.28. The van der Waals surface area contributed by atoms with Crippen molar-refractivity contribution >= 4 is 28.5 Å². The van der Waals surface area contributed by atoms with Crippen molar-refractivity contribution in [2.75, 3.05) is 11.9 Å². The van der Waals surface area contributed by atoms with Gasteiger partial charge in [0, 0.05) is 17.5 Å². The highest BCUT2D eigenvalue weighted by atomic mass is 32.2. The second-order valence-corrected chi connectivity index (χ2v) is 6.67. The van der Waals surface area contributed by atoms with Crippen LogP contribution >= 0.6 is 11.8 Å². The van der Waals surface area contributed by atoms with Gasteiger partial charge in [-0.2, -0.15) is 0 Å². The minimum atomic E-state index is 0.437. The monoisotopic (exact) mass is 297 g/mol. The fourth-order valence-electron chi connectivity index (χ4n) is 2.21. The number of benzene rings is 2. The Morgan fingerprint density at radius 1 is 1.19 bits per heavy atom. The molecule has 0 bridgehead atoms. The first-order valence-corrected chi connectivity index (χ1v) is 8.00. The van der Waals surface area contributed by atoms with Crippen LogP contribution in [0, 0.1) is 6.92 Å². The van der Waals surface area contributed by atoms with E-state index < -0.39 is 0 Å². The second-order valence-electron chi connectivity index (χ2n) is 5.24. The number of rotatable bonds is 5. The highest BCUT2D eigenvalue weighted by Gasteiger charge is 2.09. The van der Waals surface area contributed by atoms with Crippen LogP contribution < -0.4 is 5.32 Å². The molecule has 1 heterocycles. The molecule has 0 saturated carbocycles. The molecule has 21 heavy (non-hydrogen) atoms. The van der Waals surface area contributed by atoms with Gasteiger partial charge in [-0.05, 0) is 36.8 Å². The quantitative estimate of drug-likeness (QED) is 0.683. The van der Waals surface area contributed by atoms with E-state index in [0.717, 1.165) is 28.4 Å². The van der Waals surface area contributed by atoms with Gasteiger partial charge in [0.05, 0.1) is 11.0 Å². The van der Waals surface area contributed by atoms with Crippen molar-refractivity contribution in [3.63, 3.8) is 0 Å². The van der Waals surface area contributed by atoms with E-state index in [-0.39, 0.29) is 0 Å². The molecule has 0 aliphatic heterocycles. The zero-order valence-electron chi connectivity index (χ0n) is 12.3. The van der Waals surface area contributed by atoms with Crippen LogP contribution in [0.3, 0.4) is 0 Å². The zero-order chi connectivity index (χ0) is 14.7. The molecular formula is C17H19N3S. The van der Waals surface area contributed by atoms with E-state index in [2.05, 4.69) is 59.5 Å². The number of aryl methyl sites for hydroxylation is 1. The molecular weight excluding hydrogens is 278 g/mol. The number of thioether (sulfide) groups is 1. The lowest BCUT2D eigenvalue weighted by Gasteiger charge is -2.11. The number of aromatic amines is 1. The Hall–Kier alpha value is -1.94. The predicted octanol–water partition coefficient (Wildman–Crippen LogP) is 4.46.